The van der Waals surface area contributed by atoms with Crippen LogP contribution in [0.15, 0.2) is 0 Å². The van der Waals surface area contributed by atoms with E-state index in [0.717, 1.165) is 19.4 Å². The highest BCUT2D eigenvalue weighted by Gasteiger charge is 2.37. The third-order valence-corrected chi connectivity index (χ3v) is 6.26. The molecule has 1 saturated heterocycles. The molecule has 27 heavy (non-hydrogen) atoms. The summed E-state index contributed by atoms with van der Waals surface area (Å²) in [5.74, 6) is 0.462. The van der Waals surface area contributed by atoms with E-state index in [1.807, 2.05) is 0 Å². The van der Waals surface area contributed by atoms with Gasteiger partial charge < -0.3 is 20.1 Å². The number of rotatable bonds is 10. The molecule has 0 unspecified atom stereocenters. The number of carboxylic acids is 1. The minimum atomic E-state index is -0.788. The van der Waals surface area contributed by atoms with Crippen LogP contribution >= 0.6 is 11.8 Å². The number of carboxylic acid groups (broad SMARTS) is 1. The smallest absolute Gasteiger partial charge is 0.317 e. The zero-order chi connectivity index (χ0) is 19.2. The van der Waals surface area contributed by atoms with Crippen LogP contribution in [0.3, 0.4) is 0 Å². The van der Waals surface area contributed by atoms with Gasteiger partial charge in [-0.05, 0) is 31.6 Å². The van der Waals surface area contributed by atoms with E-state index in [-0.39, 0.29) is 36.2 Å². The molecule has 3 rings (SSSR count). The van der Waals surface area contributed by atoms with Crippen molar-refractivity contribution in [1.29, 1.82) is 0 Å². The summed E-state index contributed by atoms with van der Waals surface area (Å²) in [6.07, 6.45) is 4.01. The topological polar surface area (TPSA) is 99.2 Å². The van der Waals surface area contributed by atoms with E-state index < -0.39 is 5.97 Å². The maximum absolute atomic E-state index is 12.1. The molecule has 9 heteroatoms. The highest BCUT2D eigenvalue weighted by Crippen LogP contribution is 2.33. The number of nitrogens with zero attached hydrogens (tertiary/aromatic N) is 2. The van der Waals surface area contributed by atoms with Crippen LogP contribution in [0.25, 0.3) is 0 Å². The van der Waals surface area contributed by atoms with Gasteiger partial charge >= 0.3 is 5.97 Å². The van der Waals surface area contributed by atoms with E-state index in [4.69, 9.17) is 9.84 Å². The van der Waals surface area contributed by atoms with Crippen molar-refractivity contribution in [2.45, 2.75) is 37.8 Å². The van der Waals surface area contributed by atoms with Crippen molar-refractivity contribution in [3.05, 3.63) is 0 Å². The molecule has 0 atom stereocenters. The van der Waals surface area contributed by atoms with E-state index in [2.05, 4.69) is 10.2 Å². The number of aliphatic carboxylic acids is 1. The molecular formula is C18H29N3O5S. The second-order valence-electron chi connectivity index (χ2n) is 7.64. The minimum absolute atomic E-state index is 0.0507. The standard InChI is InChI=1S/C18H29N3O5S/c22-16(11-27-12-17(23)20-3-5-26-6-4-20)19-14-7-15(8-14)21(10-18(24)25)9-13-1-2-13/h13-15H,1-12H2,(H,19,22)(H,24,25). The SMILES string of the molecule is O=C(O)CN(CC1CC1)C1CC(NC(=O)CSCC(=O)N2CCOCC2)C1. The van der Waals surface area contributed by atoms with E-state index in [1.54, 1.807) is 4.90 Å². The first-order valence-electron chi connectivity index (χ1n) is 9.69. The molecule has 2 amide bonds. The van der Waals surface area contributed by atoms with E-state index in [9.17, 15) is 14.4 Å². The first-order chi connectivity index (χ1) is 13.0. The predicted octanol–water partition coefficient (Wildman–Crippen LogP) is 0.0222. The average Bonchev–Trinajstić information content (AvgIpc) is 3.41. The monoisotopic (exact) mass is 399 g/mol. The molecule has 1 aliphatic heterocycles. The Bertz CT molecular complexity index is 545. The molecule has 152 valence electrons. The predicted molar refractivity (Wildman–Crippen MR) is 102 cm³/mol. The molecule has 1 heterocycles. The van der Waals surface area contributed by atoms with Gasteiger partial charge in [0.25, 0.3) is 0 Å². The summed E-state index contributed by atoms with van der Waals surface area (Å²) >= 11 is 1.34. The maximum Gasteiger partial charge on any atom is 0.317 e. The largest absolute Gasteiger partial charge is 0.480 e. The van der Waals surface area contributed by atoms with Gasteiger partial charge in [-0.15, -0.1) is 11.8 Å². The second kappa shape index (κ2) is 9.75. The number of morpholine rings is 1. The molecule has 0 spiro atoms. The minimum Gasteiger partial charge on any atom is -0.480 e. The molecule has 0 aromatic rings. The summed E-state index contributed by atoms with van der Waals surface area (Å²) in [6.45, 7) is 3.36. The number of ether oxygens (including phenoxy) is 1. The molecule has 2 N–H and O–H groups in total. The summed E-state index contributed by atoms with van der Waals surface area (Å²) in [5, 5.41) is 12.1. The Kier molecular flexibility index (Phi) is 7.37. The maximum atomic E-state index is 12.1. The zero-order valence-electron chi connectivity index (χ0n) is 15.6. The van der Waals surface area contributed by atoms with Gasteiger partial charge in [-0.1, -0.05) is 0 Å². The third-order valence-electron chi connectivity index (χ3n) is 5.35. The zero-order valence-corrected chi connectivity index (χ0v) is 16.4. The van der Waals surface area contributed by atoms with Gasteiger partial charge in [0.1, 0.15) is 0 Å². The van der Waals surface area contributed by atoms with E-state index in [1.165, 1.54) is 24.6 Å². The van der Waals surface area contributed by atoms with Gasteiger partial charge in [-0.25, -0.2) is 0 Å². The number of carbonyl (C=O) groups excluding carboxylic acids is 2. The first-order valence-corrected chi connectivity index (χ1v) is 10.8. The van der Waals surface area contributed by atoms with Crippen molar-refractivity contribution in [3.63, 3.8) is 0 Å². The second-order valence-corrected chi connectivity index (χ2v) is 8.63. The van der Waals surface area contributed by atoms with Crippen LogP contribution in [0.1, 0.15) is 25.7 Å². The Hall–Kier alpha value is -1.32. The third kappa shape index (κ3) is 6.65. The van der Waals surface area contributed by atoms with Crippen LogP contribution in [0.5, 0.6) is 0 Å². The lowest BCUT2D eigenvalue weighted by atomic mass is 9.85. The molecular weight excluding hydrogens is 370 g/mol. The van der Waals surface area contributed by atoms with Crippen LogP contribution in [-0.4, -0.2) is 95.7 Å². The van der Waals surface area contributed by atoms with Crippen molar-refractivity contribution in [1.82, 2.24) is 15.1 Å². The van der Waals surface area contributed by atoms with Gasteiger partial charge in [-0.2, -0.15) is 0 Å². The number of hydrogen-bond acceptors (Lipinski definition) is 6. The Balaban J connectivity index is 1.29. The summed E-state index contributed by atoms with van der Waals surface area (Å²) in [4.78, 5) is 39.0. The normalized spacial score (nSPS) is 25.1. The number of nitrogens with one attached hydrogen (secondary N) is 1. The summed E-state index contributed by atoms with van der Waals surface area (Å²) in [7, 11) is 0. The fourth-order valence-electron chi connectivity index (χ4n) is 3.56. The van der Waals surface area contributed by atoms with Crippen LogP contribution in [0, 0.1) is 5.92 Å². The van der Waals surface area contributed by atoms with Crippen molar-refractivity contribution in [3.8, 4) is 0 Å². The van der Waals surface area contributed by atoms with Crippen LogP contribution in [0.4, 0.5) is 0 Å². The summed E-state index contributed by atoms with van der Waals surface area (Å²) < 4.78 is 5.23. The summed E-state index contributed by atoms with van der Waals surface area (Å²) in [5.41, 5.74) is 0. The highest BCUT2D eigenvalue weighted by molar-refractivity contribution is 8.00. The van der Waals surface area contributed by atoms with Crippen molar-refractivity contribution in [2.24, 2.45) is 5.92 Å². The fourth-order valence-corrected chi connectivity index (χ4v) is 4.28. The Morgan fingerprint density at radius 2 is 1.85 bits per heavy atom. The molecule has 0 aromatic heterocycles. The molecule has 2 saturated carbocycles. The van der Waals surface area contributed by atoms with Crippen molar-refractivity contribution in [2.75, 3.05) is 50.9 Å². The van der Waals surface area contributed by atoms with Gasteiger partial charge in [0.15, 0.2) is 0 Å². The molecule has 3 fully saturated rings. The highest BCUT2D eigenvalue weighted by atomic mass is 32.2. The number of thioether (sulfide) groups is 1. The Morgan fingerprint density at radius 1 is 1.15 bits per heavy atom. The number of hydrogen-bond donors (Lipinski definition) is 2. The van der Waals surface area contributed by atoms with Gasteiger partial charge in [0.2, 0.25) is 11.8 Å². The quantitative estimate of drug-likeness (QED) is 0.534. The van der Waals surface area contributed by atoms with Gasteiger partial charge in [0.05, 0.1) is 31.3 Å². The van der Waals surface area contributed by atoms with Gasteiger partial charge in [0, 0.05) is 31.7 Å². The Labute approximate surface area is 164 Å². The van der Waals surface area contributed by atoms with E-state index in [0.29, 0.717) is 38.0 Å². The molecule has 8 nitrogen and oxygen atoms in total. The van der Waals surface area contributed by atoms with Crippen LogP contribution in [-0.2, 0) is 19.1 Å². The fraction of sp³-hybridized carbons (Fsp3) is 0.833. The first kappa shape index (κ1) is 20.4. The van der Waals surface area contributed by atoms with Crippen LogP contribution in [0.2, 0.25) is 0 Å². The van der Waals surface area contributed by atoms with Gasteiger partial charge in [-0.3, -0.25) is 19.3 Å². The van der Waals surface area contributed by atoms with E-state index >= 15 is 0 Å². The summed E-state index contributed by atoms with van der Waals surface area (Å²) in [6, 6.07) is 0.371. The lowest BCUT2D eigenvalue weighted by molar-refractivity contribution is -0.140. The number of carbonyl (C=O) groups is 3. The lowest BCUT2D eigenvalue weighted by Crippen LogP contribution is -2.55. The Morgan fingerprint density at radius 3 is 2.48 bits per heavy atom. The van der Waals surface area contributed by atoms with Crippen molar-refractivity contribution >= 4 is 29.5 Å². The lowest BCUT2D eigenvalue weighted by Gasteiger charge is -2.42. The average molecular weight is 400 g/mol. The molecule has 0 bridgehead atoms. The van der Waals surface area contributed by atoms with Crippen LogP contribution < -0.4 is 5.32 Å². The molecule has 0 aromatic carbocycles. The number of amides is 2. The molecule has 2 aliphatic carbocycles. The van der Waals surface area contributed by atoms with Crippen molar-refractivity contribution < 1.29 is 24.2 Å². The molecule has 3 aliphatic rings. The molecule has 0 radical (unpaired) electrons.